The van der Waals surface area contributed by atoms with Gasteiger partial charge in [-0.2, -0.15) is 4.98 Å². The summed E-state index contributed by atoms with van der Waals surface area (Å²) in [5.41, 5.74) is 4.95. The predicted molar refractivity (Wildman–Crippen MR) is 57.1 cm³/mol. The third kappa shape index (κ3) is 4.16. The minimum Gasteiger partial charge on any atom is -0.397 e. The zero-order valence-corrected chi connectivity index (χ0v) is 9.83. The summed E-state index contributed by atoms with van der Waals surface area (Å²) in [6.45, 7) is 0.0956. The van der Waals surface area contributed by atoms with Crippen molar-refractivity contribution >= 4 is 13.4 Å². The molecule has 0 atom stereocenters. The van der Waals surface area contributed by atoms with Gasteiger partial charge in [0.05, 0.1) is 12.8 Å². The van der Waals surface area contributed by atoms with Gasteiger partial charge in [-0.25, -0.2) is 4.79 Å². The van der Waals surface area contributed by atoms with E-state index in [4.69, 9.17) is 20.3 Å². The maximum Gasteiger partial charge on any atom is 0.382 e. The van der Waals surface area contributed by atoms with Crippen molar-refractivity contribution in [3.63, 3.8) is 0 Å². The average molecular weight is 265 g/mol. The second kappa shape index (κ2) is 5.28. The molecule has 10 heteroatoms. The van der Waals surface area contributed by atoms with Crippen LogP contribution in [0.3, 0.4) is 0 Å². The van der Waals surface area contributed by atoms with Gasteiger partial charge in [0, 0.05) is 12.7 Å². The van der Waals surface area contributed by atoms with Crippen LogP contribution in [-0.4, -0.2) is 33.0 Å². The number of anilines is 1. The lowest BCUT2D eigenvalue weighted by molar-refractivity contribution is 0.117. The Bertz CT molecular complexity index is 495. The summed E-state index contributed by atoms with van der Waals surface area (Å²) in [6, 6.07) is 0. The first-order valence-electron chi connectivity index (χ1n) is 4.38. The van der Waals surface area contributed by atoms with Crippen molar-refractivity contribution < 1.29 is 23.9 Å². The van der Waals surface area contributed by atoms with E-state index < -0.39 is 19.6 Å². The van der Waals surface area contributed by atoms with Gasteiger partial charge in [-0.15, -0.1) is 4.73 Å². The average Bonchev–Trinajstić information content (AvgIpc) is 2.19. The molecule has 96 valence electrons. The van der Waals surface area contributed by atoms with E-state index >= 15 is 0 Å². The minimum absolute atomic E-state index is 0.0205. The molecule has 1 rings (SSSR count). The third-order valence-corrected chi connectivity index (χ3v) is 2.12. The molecule has 0 radical (unpaired) electrons. The number of hydrogen-bond acceptors (Lipinski definition) is 6. The Hall–Kier alpha value is -1.41. The Kier molecular flexibility index (Phi) is 4.24. The number of hydrogen-bond donors (Lipinski definition) is 3. The van der Waals surface area contributed by atoms with Crippen molar-refractivity contribution in [2.24, 2.45) is 0 Å². The van der Waals surface area contributed by atoms with Crippen molar-refractivity contribution in [3.05, 3.63) is 22.2 Å². The zero-order valence-electron chi connectivity index (χ0n) is 8.94. The van der Waals surface area contributed by atoms with Crippen LogP contribution in [0.1, 0.15) is 5.56 Å². The van der Waals surface area contributed by atoms with Gasteiger partial charge in [-0.3, -0.25) is 4.57 Å². The van der Waals surface area contributed by atoms with Crippen LogP contribution in [0.25, 0.3) is 0 Å². The van der Waals surface area contributed by atoms with E-state index in [2.05, 4.69) is 9.82 Å². The number of nitrogen functional groups attached to an aromatic ring is 1. The van der Waals surface area contributed by atoms with Crippen molar-refractivity contribution in [2.75, 3.05) is 19.2 Å². The highest BCUT2D eigenvalue weighted by molar-refractivity contribution is 7.51. The first-order chi connectivity index (χ1) is 7.83. The Labute approximate surface area is 95.9 Å². The fourth-order valence-electron chi connectivity index (χ4n) is 0.984. The Morgan fingerprint density at radius 3 is 2.76 bits per heavy atom. The molecule has 0 saturated carbocycles. The highest BCUT2D eigenvalue weighted by atomic mass is 31.2. The van der Waals surface area contributed by atoms with E-state index in [1.807, 2.05) is 0 Å². The molecule has 0 unspecified atom stereocenters. The highest BCUT2D eigenvalue weighted by Gasteiger charge is 2.15. The Morgan fingerprint density at radius 2 is 2.24 bits per heavy atom. The summed E-state index contributed by atoms with van der Waals surface area (Å²) < 4.78 is 16.0. The highest BCUT2D eigenvalue weighted by Crippen LogP contribution is 2.32. The summed E-state index contributed by atoms with van der Waals surface area (Å²) in [5.74, 6) is -0.0205. The molecular formula is C7H12N3O6P. The van der Waals surface area contributed by atoms with Gasteiger partial charge >= 0.3 is 13.3 Å². The van der Waals surface area contributed by atoms with Gasteiger partial charge in [0.1, 0.15) is 5.82 Å². The smallest absolute Gasteiger partial charge is 0.382 e. The second-order valence-electron chi connectivity index (χ2n) is 3.12. The number of aromatic nitrogens is 2. The molecule has 0 bridgehead atoms. The molecule has 0 amide bonds. The molecule has 0 aromatic carbocycles. The fraction of sp³-hybridized carbons (Fsp3) is 0.429. The van der Waals surface area contributed by atoms with E-state index in [9.17, 15) is 9.36 Å². The topological polar surface area (TPSA) is 137 Å². The maximum absolute atomic E-state index is 11.3. The van der Waals surface area contributed by atoms with E-state index in [-0.39, 0.29) is 12.4 Å². The van der Waals surface area contributed by atoms with Crippen molar-refractivity contribution in [2.45, 2.75) is 6.61 Å². The predicted octanol–water partition coefficient (Wildman–Crippen LogP) is -1.46. The molecule has 1 aromatic rings. The van der Waals surface area contributed by atoms with Crippen LogP contribution in [0.15, 0.2) is 11.0 Å². The SMILES string of the molecule is COCc1cn(OCP(=O)(O)O)c(=O)nc1N. The van der Waals surface area contributed by atoms with Gasteiger partial charge in [0.2, 0.25) is 6.35 Å². The van der Waals surface area contributed by atoms with Crippen LogP contribution in [0.5, 0.6) is 0 Å². The van der Waals surface area contributed by atoms with Crippen LogP contribution in [-0.2, 0) is 15.9 Å². The van der Waals surface area contributed by atoms with Crippen molar-refractivity contribution in [1.29, 1.82) is 0 Å². The Morgan fingerprint density at radius 1 is 1.59 bits per heavy atom. The van der Waals surface area contributed by atoms with Crippen LogP contribution in [0.2, 0.25) is 0 Å². The lowest BCUT2D eigenvalue weighted by Crippen LogP contribution is -2.30. The fourth-order valence-corrected chi connectivity index (χ4v) is 1.26. The van der Waals surface area contributed by atoms with E-state index in [0.717, 1.165) is 0 Å². The quantitative estimate of drug-likeness (QED) is 0.549. The monoisotopic (exact) mass is 265 g/mol. The third-order valence-electron chi connectivity index (χ3n) is 1.67. The summed E-state index contributed by atoms with van der Waals surface area (Å²) in [6.07, 6.45) is 0.245. The first kappa shape index (κ1) is 13.7. The molecule has 0 spiro atoms. The standard InChI is InChI=1S/C7H12N3O6P/c1-15-3-5-2-10(7(11)9-6(5)8)16-4-17(12,13)14/h2H,3-4H2,1H3,(H2,8,9,11)(H2,12,13,14). The number of methoxy groups -OCH3 is 1. The van der Waals surface area contributed by atoms with Crippen molar-refractivity contribution in [3.8, 4) is 0 Å². The van der Waals surface area contributed by atoms with Gasteiger partial charge in [0.15, 0.2) is 0 Å². The summed E-state index contributed by atoms with van der Waals surface area (Å²) in [5, 5.41) is 0. The molecule has 1 heterocycles. The molecule has 9 nitrogen and oxygen atoms in total. The number of nitrogens with zero attached hydrogens (tertiary/aromatic N) is 2. The number of rotatable bonds is 5. The summed E-state index contributed by atoms with van der Waals surface area (Å²) in [7, 11) is -2.94. The van der Waals surface area contributed by atoms with Crippen LogP contribution >= 0.6 is 7.60 Å². The van der Waals surface area contributed by atoms with Gasteiger partial charge < -0.3 is 25.1 Å². The van der Waals surface area contributed by atoms with Gasteiger partial charge in [-0.1, -0.05) is 0 Å². The van der Waals surface area contributed by atoms with Crippen LogP contribution in [0.4, 0.5) is 5.82 Å². The molecule has 0 aliphatic rings. The normalized spacial score (nSPS) is 11.5. The molecular weight excluding hydrogens is 253 g/mol. The second-order valence-corrected chi connectivity index (χ2v) is 4.70. The molecule has 0 aliphatic carbocycles. The molecule has 4 N–H and O–H groups in total. The lowest BCUT2D eigenvalue weighted by atomic mass is 10.3. The lowest BCUT2D eigenvalue weighted by Gasteiger charge is -2.10. The summed E-state index contributed by atoms with van der Waals surface area (Å²) >= 11 is 0. The Balaban J connectivity index is 2.96. The minimum atomic E-state index is -4.37. The molecule has 0 saturated heterocycles. The largest absolute Gasteiger partial charge is 0.397 e. The van der Waals surface area contributed by atoms with Gasteiger partial charge in [-0.05, 0) is 0 Å². The van der Waals surface area contributed by atoms with E-state index in [0.29, 0.717) is 10.3 Å². The first-order valence-corrected chi connectivity index (χ1v) is 6.18. The van der Waals surface area contributed by atoms with E-state index in [1.165, 1.54) is 13.3 Å². The molecule has 0 fully saturated rings. The number of nitrogens with two attached hydrogens (primary N) is 1. The van der Waals surface area contributed by atoms with Crippen LogP contribution < -0.4 is 16.3 Å². The zero-order chi connectivity index (χ0) is 13.1. The van der Waals surface area contributed by atoms with E-state index in [1.54, 1.807) is 0 Å². The summed E-state index contributed by atoms with van der Waals surface area (Å²) in [4.78, 5) is 36.5. The maximum atomic E-state index is 11.3. The van der Waals surface area contributed by atoms with Gasteiger partial charge in [0.25, 0.3) is 0 Å². The molecule has 0 aliphatic heterocycles. The van der Waals surface area contributed by atoms with Crippen molar-refractivity contribution in [1.82, 2.24) is 9.71 Å². The molecule has 1 aromatic heterocycles. The molecule has 17 heavy (non-hydrogen) atoms. The van der Waals surface area contributed by atoms with Crippen LogP contribution in [0, 0.1) is 0 Å². The number of ether oxygens (including phenoxy) is 1.